The number of aryl methyl sites for hydroxylation is 1. The number of hydrogen-bond donors (Lipinski definition) is 1. The molecule has 0 aliphatic heterocycles. The molecule has 2 N–H and O–H groups in total. The second-order valence-corrected chi connectivity index (χ2v) is 2.89. The van der Waals surface area contributed by atoms with Gasteiger partial charge in [0.15, 0.2) is 5.82 Å². The van der Waals surface area contributed by atoms with Gasteiger partial charge in [-0.15, -0.1) is 0 Å². The maximum absolute atomic E-state index is 5.54. The van der Waals surface area contributed by atoms with Gasteiger partial charge >= 0.3 is 0 Å². The Balaban J connectivity index is 2.44. The first-order valence-corrected chi connectivity index (χ1v) is 4.42. The van der Waals surface area contributed by atoms with E-state index in [2.05, 4.69) is 15.1 Å². The minimum atomic E-state index is 0.645. The van der Waals surface area contributed by atoms with Crippen LogP contribution < -0.4 is 5.73 Å². The van der Waals surface area contributed by atoms with E-state index in [0.29, 0.717) is 5.69 Å². The molecule has 72 valence electrons. The topological polar surface area (TPSA) is 69.6 Å². The van der Waals surface area contributed by atoms with Gasteiger partial charge in [-0.2, -0.15) is 9.78 Å². The van der Waals surface area contributed by atoms with E-state index in [-0.39, 0.29) is 0 Å². The number of nitrogens with two attached hydrogens (primary N) is 1. The van der Waals surface area contributed by atoms with Crippen molar-refractivity contribution in [3.63, 3.8) is 0 Å². The molecule has 5 heteroatoms. The lowest BCUT2D eigenvalue weighted by Gasteiger charge is -2.02. The van der Waals surface area contributed by atoms with Crippen LogP contribution in [-0.4, -0.2) is 19.7 Å². The molecule has 0 aliphatic rings. The zero-order valence-corrected chi connectivity index (χ0v) is 7.88. The molecular weight excluding hydrogens is 178 g/mol. The number of nitrogens with zero attached hydrogens (tertiary/aromatic N) is 4. The van der Waals surface area contributed by atoms with Gasteiger partial charge in [0.1, 0.15) is 12.2 Å². The quantitative estimate of drug-likeness (QED) is 0.758. The largest absolute Gasteiger partial charge is 0.397 e. The van der Waals surface area contributed by atoms with Crippen molar-refractivity contribution in [2.75, 3.05) is 5.73 Å². The van der Waals surface area contributed by atoms with Gasteiger partial charge in [0.05, 0.1) is 11.9 Å². The molecule has 0 unspecified atom stereocenters. The monoisotopic (exact) mass is 189 g/mol. The van der Waals surface area contributed by atoms with Gasteiger partial charge < -0.3 is 5.73 Å². The third kappa shape index (κ3) is 1.44. The Bertz CT molecular complexity index is 417. The van der Waals surface area contributed by atoms with E-state index in [1.54, 1.807) is 16.9 Å². The highest BCUT2D eigenvalue weighted by molar-refractivity contribution is 5.38. The molecule has 2 heterocycles. The molecular formula is C9H11N5. The molecule has 0 amide bonds. The summed E-state index contributed by atoms with van der Waals surface area (Å²) in [5.74, 6) is 1.64. The van der Waals surface area contributed by atoms with Crippen LogP contribution in [0.4, 0.5) is 5.69 Å². The van der Waals surface area contributed by atoms with Crippen molar-refractivity contribution in [1.82, 2.24) is 19.7 Å². The van der Waals surface area contributed by atoms with Crippen molar-refractivity contribution in [1.29, 1.82) is 0 Å². The van der Waals surface area contributed by atoms with Gasteiger partial charge in [-0.25, -0.2) is 9.97 Å². The molecule has 2 rings (SSSR count). The van der Waals surface area contributed by atoms with E-state index in [1.165, 1.54) is 6.33 Å². The van der Waals surface area contributed by atoms with Crippen LogP contribution in [-0.2, 0) is 6.42 Å². The Morgan fingerprint density at radius 3 is 2.86 bits per heavy atom. The minimum Gasteiger partial charge on any atom is -0.397 e. The number of aromatic nitrogens is 4. The molecule has 0 saturated heterocycles. The predicted molar refractivity (Wildman–Crippen MR) is 52.9 cm³/mol. The zero-order chi connectivity index (χ0) is 9.97. The van der Waals surface area contributed by atoms with Crippen LogP contribution in [0.5, 0.6) is 0 Å². The predicted octanol–water partition coefficient (Wildman–Crippen LogP) is 0.807. The molecule has 0 aromatic carbocycles. The van der Waals surface area contributed by atoms with Crippen LogP contribution in [0.2, 0.25) is 0 Å². The first-order chi connectivity index (χ1) is 6.81. The van der Waals surface area contributed by atoms with Crippen LogP contribution in [0.15, 0.2) is 24.7 Å². The summed E-state index contributed by atoms with van der Waals surface area (Å²) in [6, 6.07) is 3.62. The van der Waals surface area contributed by atoms with Gasteiger partial charge in [-0.1, -0.05) is 6.92 Å². The van der Waals surface area contributed by atoms with E-state index < -0.39 is 0 Å². The number of pyridine rings is 1. The normalized spacial score (nSPS) is 10.4. The average Bonchev–Trinajstić information content (AvgIpc) is 2.67. The Kier molecular flexibility index (Phi) is 2.14. The van der Waals surface area contributed by atoms with Crippen LogP contribution in [0, 0.1) is 0 Å². The maximum atomic E-state index is 5.54. The Labute approximate surface area is 81.6 Å². The van der Waals surface area contributed by atoms with Crippen molar-refractivity contribution in [3.8, 4) is 5.82 Å². The smallest absolute Gasteiger partial charge is 0.155 e. The van der Waals surface area contributed by atoms with Crippen molar-refractivity contribution in [2.24, 2.45) is 0 Å². The van der Waals surface area contributed by atoms with Crippen LogP contribution in [0.1, 0.15) is 12.7 Å². The molecule has 2 aromatic heterocycles. The zero-order valence-electron chi connectivity index (χ0n) is 7.88. The number of hydrogen-bond acceptors (Lipinski definition) is 4. The second-order valence-electron chi connectivity index (χ2n) is 2.89. The van der Waals surface area contributed by atoms with Gasteiger partial charge in [-0.05, 0) is 12.1 Å². The first-order valence-electron chi connectivity index (χ1n) is 4.42. The van der Waals surface area contributed by atoms with E-state index in [4.69, 9.17) is 5.73 Å². The second kappa shape index (κ2) is 3.45. The lowest BCUT2D eigenvalue weighted by molar-refractivity contribution is 0.779. The lowest BCUT2D eigenvalue weighted by Crippen LogP contribution is -2.04. The van der Waals surface area contributed by atoms with Crippen LogP contribution >= 0.6 is 0 Å². The average molecular weight is 189 g/mol. The van der Waals surface area contributed by atoms with Crippen LogP contribution in [0.3, 0.4) is 0 Å². The minimum absolute atomic E-state index is 0.645. The summed E-state index contributed by atoms with van der Waals surface area (Å²) >= 11 is 0. The number of rotatable bonds is 2. The van der Waals surface area contributed by atoms with E-state index in [0.717, 1.165) is 18.1 Å². The van der Waals surface area contributed by atoms with Gasteiger partial charge in [0.25, 0.3) is 0 Å². The fourth-order valence-corrected chi connectivity index (χ4v) is 1.22. The molecule has 0 saturated carbocycles. The third-order valence-corrected chi connectivity index (χ3v) is 1.92. The lowest BCUT2D eigenvalue weighted by atomic mass is 10.4. The summed E-state index contributed by atoms with van der Waals surface area (Å²) < 4.78 is 1.71. The molecule has 0 bridgehead atoms. The Morgan fingerprint density at radius 1 is 1.36 bits per heavy atom. The molecule has 5 nitrogen and oxygen atoms in total. The first kappa shape index (κ1) is 8.68. The molecule has 2 aromatic rings. The summed E-state index contributed by atoms with van der Waals surface area (Å²) in [7, 11) is 0. The summed E-state index contributed by atoms with van der Waals surface area (Å²) in [4.78, 5) is 8.28. The molecule has 0 spiro atoms. The molecule has 0 atom stereocenters. The fourth-order valence-electron chi connectivity index (χ4n) is 1.22. The highest BCUT2D eigenvalue weighted by Gasteiger charge is 2.04. The standard InChI is InChI=1S/C9H11N5/c1-2-8-12-6-13-14(8)9-4-3-7(10)5-11-9/h3-6H,2,10H2,1H3. The molecule has 0 aliphatic carbocycles. The number of anilines is 1. The fraction of sp³-hybridized carbons (Fsp3) is 0.222. The van der Waals surface area contributed by atoms with Crippen molar-refractivity contribution < 1.29 is 0 Å². The molecule has 0 radical (unpaired) electrons. The summed E-state index contributed by atoms with van der Waals surface area (Å²) in [6.45, 7) is 2.03. The Morgan fingerprint density at radius 2 is 2.21 bits per heavy atom. The summed E-state index contributed by atoms with van der Waals surface area (Å²) in [6.07, 6.45) is 3.96. The van der Waals surface area contributed by atoms with Gasteiger partial charge in [0.2, 0.25) is 0 Å². The van der Waals surface area contributed by atoms with Crippen molar-refractivity contribution in [3.05, 3.63) is 30.5 Å². The Hall–Kier alpha value is -1.91. The van der Waals surface area contributed by atoms with E-state index in [1.807, 2.05) is 13.0 Å². The maximum Gasteiger partial charge on any atom is 0.155 e. The highest BCUT2D eigenvalue weighted by Crippen LogP contribution is 2.07. The molecule has 0 fully saturated rings. The van der Waals surface area contributed by atoms with Gasteiger partial charge in [-0.3, -0.25) is 0 Å². The van der Waals surface area contributed by atoms with Crippen molar-refractivity contribution >= 4 is 5.69 Å². The van der Waals surface area contributed by atoms with Crippen molar-refractivity contribution in [2.45, 2.75) is 13.3 Å². The number of nitrogen functional groups attached to an aromatic ring is 1. The van der Waals surface area contributed by atoms with E-state index in [9.17, 15) is 0 Å². The summed E-state index contributed by atoms with van der Waals surface area (Å²) in [5, 5.41) is 4.09. The third-order valence-electron chi connectivity index (χ3n) is 1.92. The van der Waals surface area contributed by atoms with E-state index >= 15 is 0 Å². The van der Waals surface area contributed by atoms with Gasteiger partial charge in [0, 0.05) is 6.42 Å². The molecule has 14 heavy (non-hydrogen) atoms. The SMILES string of the molecule is CCc1ncnn1-c1ccc(N)cn1. The van der Waals surface area contributed by atoms with Crippen LogP contribution in [0.25, 0.3) is 5.82 Å². The summed E-state index contributed by atoms with van der Waals surface area (Å²) in [5.41, 5.74) is 6.19. The highest BCUT2D eigenvalue weighted by atomic mass is 15.4.